The summed E-state index contributed by atoms with van der Waals surface area (Å²) in [4.78, 5) is 24.8. The van der Waals surface area contributed by atoms with E-state index in [1.54, 1.807) is 30.3 Å². The number of hydrogen-bond donors (Lipinski definition) is 2. The summed E-state index contributed by atoms with van der Waals surface area (Å²) in [7, 11) is 0. The monoisotopic (exact) mass is 367 g/mol. The molecule has 2 heterocycles. The van der Waals surface area contributed by atoms with Crippen molar-refractivity contribution in [3.63, 3.8) is 0 Å². The smallest absolute Gasteiger partial charge is 0.272 e. The van der Waals surface area contributed by atoms with Gasteiger partial charge in [-0.15, -0.1) is 0 Å². The Morgan fingerprint density at radius 3 is 2.78 bits per heavy atom. The molecular formula is C20H18FN3O3. The molecule has 138 valence electrons. The number of halogens is 1. The van der Waals surface area contributed by atoms with Crippen LogP contribution < -0.4 is 15.6 Å². The van der Waals surface area contributed by atoms with Gasteiger partial charge in [0.1, 0.15) is 17.2 Å². The maximum Gasteiger partial charge on any atom is 0.272 e. The second-order valence-corrected chi connectivity index (χ2v) is 7.22. The van der Waals surface area contributed by atoms with Crippen molar-refractivity contribution in [2.75, 3.05) is 0 Å². The third-order valence-corrected chi connectivity index (χ3v) is 4.65. The Labute approximate surface area is 154 Å². The summed E-state index contributed by atoms with van der Waals surface area (Å²) in [6.07, 6.45) is 0.513. The lowest BCUT2D eigenvalue weighted by Gasteiger charge is -2.37. The lowest BCUT2D eigenvalue weighted by molar-refractivity contribution is 0.0615. The lowest BCUT2D eigenvalue weighted by atomic mass is 9.89. The first-order chi connectivity index (χ1) is 12.8. The van der Waals surface area contributed by atoms with Gasteiger partial charge in [-0.2, -0.15) is 5.10 Å². The number of carbonyl (C=O) groups is 1. The fraction of sp³-hybridized carbons (Fsp3) is 0.250. The number of ether oxygens (including phenoxy) is 1. The van der Waals surface area contributed by atoms with Gasteiger partial charge >= 0.3 is 0 Å². The Hall–Kier alpha value is -3.22. The number of nitrogens with zero attached hydrogens (tertiary/aromatic N) is 1. The van der Waals surface area contributed by atoms with Crippen molar-refractivity contribution < 1.29 is 13.9 Å². The Balaban J connectivity index is 1.72. The van der Waals surface area contributed by atoms with Crippen LogP contribution in [-0.2, 0) is 0 Å². The number of rotatable bonds is 2. The highest BCUT2D eigenvalue weighted by molar-refractivity contribution is 6.04. The van der Waals surface area contributed by atoms with Crippen LogP contribution in [0.3, 0.4) is 0 Å². The van der Waals surface area contributed by atoms with Crippen LogP contribution in [0.2, 0.25) is 0 Å². The SMILES string of the molecule is CC1(C)CC(NC(=O)c2n[nH]c(=O)c3ccccc23)c2ccc(F)cc2O1. The van der Waals surface area contributed by atoms with Crippen LogP contribution in [0.1, 0.15) is 42.4 Å². The molecule has 0 fully saturated rings. The number of amides is 1. The molecule has 27 heavy (non-hydrogen) atoms. The Kier molecular flexibility index (Phi) is 3.95. The van der Waals surface area contributed by atoms with E-state index in [9.17, 15) is 14.0 Å². The first-order valence-corrected chi connectivity index (χ1v) is 8.61. The van der Waals surface area contributed by atoms with Crippen molar-refractivity contribution >= 4 is 16.7 Å². The maximum atomic E-state index is 13.6. The van der Waals surface area contributed by atoms with E-state index in [0.717, 1.165) is 0 Å². The summed E-state index contributed by atoms with van der Waals surface area (Å²) in [5, 5.41) is 10.1. The zero-order valence-corrected chi connectivity index (χ0v) is 14.9. The lowest BCUT2D eigenvalue weighted by Crippen LogP contribution is -2.41. The van der Waals surface area contributed by atoms with Crippen molar-refractivity contribution in [2.24, 2.45) is 0 Å². The maximum absolute atomic E-state index is 13.6. The minimum Gasteiger partial charge on any atom is -0.487 e. The largest absolute Gasteiger partial charge is 0.487 e. The average molecular weight is 367 g/mol. The van der Waals surface area contributed by atoms with E-state index in [2.05, 4.69) is 15.5 Å². The molecule has 7 heteroatoms. The summed E-state index contributed by atoms with van der Waals surface area (Å²) >= 11 is 0. The second-order valence-electron chi connectivity index (χ2n) is 7.22. The van der Waals surface area contributed by atoms with Gasteiger partial charge in [0.05, 0.1) is 11.4 Å². The van der Waals surface area contributed by atoms with E-state index >= 15 is 0 Å². The topological polar surface area (TPSA) is 84.1 Å². The molecule has 4 rings (SSSR count). The molecule has 2 N–H and O–H groups in total. The predicted octanol–water partition coefficient (Wildman–Crippen LogP) is 3.09. The summed E-state index contributed by atoms with van der Waals surface area (Å²) < 4.78 is 19.5. The van der Waals surface area contributed by atoms with E-state index in [-0.39, 0.29) is 17.3 Å². The van der Waals surface area contributed by atoms with Gasteiger partial charge in [-0.1, -0.05) is 24.3 Å². The zero-order valence-electron chi connectivity index (χ0n) is 14.9. The molecule has 0 radical (unpaired) electrons. The fourth-order valence-electron chi connectivity index (χ4n) is 3.47. The molecule has 1 aliphatic rings. The predicted molar refractivity (Wildman–Crippen MR) is 98.3 cm³/mol. The second kappa shape index (κ2) is 6.19. The third kappa shape index (κ3) is 3.16. The van der Waals surface area contributed by atoms with Gasteiger partial charge < -0.3 is 10.1 Å². The summed E-state index contributed by atoms with van der Waals surface area (Å²) in [5.74, 6) is -0.402. The molecular weight excluding hydrogens is 349 g/mol. The molecule has 2 aromatic carbocycles. The van der Waals surface area contributed by atoms with Crippen LogP contribution in [0.4, 0.5) is 4.39 Å². The average Bonchev–Trinajstić information content (AvgIpc) is 2.60. The van der Waals surface area contributed by atoms with Crippen molar-refractivity contribution in [3.8, 4) is 5.75 Å². The molecule has 0 saturated carbocycles. The summed E-state index contributed by atoms with van der Waals surface area (Å²) in [6, 6.07) is 10.7. The Morgan fingerprint density at radius 2 is 2.00 bits per heavy atom. The molecule has 6 nitrogen and oxygen atoms in total. The van der Waals surface area contributed by atoms with Crippen molar-refractivity contribution in [3.05, 3.63) is 69.9 Å². The fourth-order valence-corrected chi connectivity index (χ4v) is 3.47. The molecule has 0 saturated heterocycles. The van der Waals surface area contributed by atoms with E-state index in [0.29, 0.717) is 28.5 Å². The van der Waals surface area contributed by atoms with Gasteiger partial charge in [-0.25, -0.2) is 9.49 Å². The first kappa shape index (κ1) is 17.2. The molecule has 1 amide bonds. The standard InChI is InChI=1S/C20H18FN3O3/c1-20(2)10-15(14-8-7-11(21)9-16(14)27-20)22-19(26)17-12-5-3-4-6-13(12)18(25)24-23-17/h3-9,15H,10H2,1-2H3,(H,22,26)(H,24,25). The normalized spacial score (nSPS) is 17.8. The molecule has 1 aromatic heterocycles. The molecule has 0 bridgehead atoms. The van der Waals surface area contributed by atoms with Crippen molar-refractivity contribution in [2.45, 2.75) is 31.9 Å². The van der Waals surface area contributed by atoms with E-state index in [4.69, 9.17) is 4.74 Å². The minimum absolute atomic E-state index is 0.137. The molecule has 0 spiro atoms. The summed E-state index contributed by atoms with van der Waals surface area (Å²) in [5.41, 5.74) is -0.0784. The van der Waals surface area contributed by atoms with Crippen LogP contribution in [0.5, 0.6) is 5.75 Å². The number of H-pyrrole nitrogens is 1. The number of hydrogen-bond acceptors (Lipinski definition) is 4. The molecule has 1 unspecified atom stereocenters. The molecule has 0 aliphatic carbocycles. The van der Waals surface area contributed by atoms with Crippen LogP contribution in [0.15, 0.2) is 47.3 Å². The quantitative estimate of drug-likeness (QED) is 0.729. The number of nitrogens with one attached hydrogen (secondary N) is 2. The molecule has 1 atom stereocenters. The third-order valence-electron chi connectivity index (χ3n) is 4.65. The van der Waals surface area contributed by atoms with Gasteiger partial charge in [-0.05, 0) is 26.0 Å². The highest BCUT2D eigenvalue weighted by Gasteiger charge is 2.35. The number of fused-ring (bicyclic) bond motifs is 2. The number of carbonyl (C=O) groups excluding carboxylic acids is 1. The van der Waals surface area contributed by atoms with E-state index < -0.39 is 17.3 Å². The van der Waals surface area contributed by atoms with E-state index in [1.807, 2.05) is 13.8 Å². The van der Waals surface area contributed by atoms with Crippen LogP contribution >= 0.6 is 0 Å². The van der Waals surface area contributed by atoms with Crippen LogP contribution in [0.25, 0.3) is 10.8 Å². The Morgan fingerprint density at radius 1 is 1.26 bits per heavy atom. The van der Waals surface area contributed by atoms with Crippen LogP contribution in [0, 0.1) is 5.82 Å². The minimum atomic E-state index is -0.570. The van der Waals surface area contributed by atoms with Gasteiger partial charge in [0.25, 0.3) is 11.5 Å². The number of aromatic nitrogens is 2. The number of aromatic amines is 1. The van der Waals surface area contributed by atoms with Gasteiger partial charge in [0.15, 0.2) is 5.69 Å². The molecule has 3 aromatic rings. The molecule has 1 aliphatic heterocycles. The van der Waals surface area contributed by atoms with Gasteiger partial charge in [0.2, 0.25) is 0 Å². The van der Waals surface area contributed by atoms with E-state index in [1.165, 1.54) is 12.1 Å². The Bertz CT molecular complexity index is 1110. The summed E-state index contributed by atoms with van der Waals surface area (Å²) in [6.45, 7) is 3.77. The highest BCUT2D eigenvalue weighted by atomic mass is 19.1. The van der Waals surface area contributed by atoms with Crippen molar-refractivity contribution in [1.29, 1.82) is 0 Å². The van der Waals surface area contributed by atoms with Gasteiger partial charge in [-0.3, -0.25) is 9.59 Å². The van der Waals surface area contributed by atoms with Crippen LogP contribution in [-0.4, -0.2) is 21.7 Å². The highest BCUT2D eigenvalue weighted by Crippen LogP contribution is 2.39. The zero-order chi connectivity index (χ0) is 19.2. The number of benzene rings is 2. The first-order valence-electron chi connectivity index (χ1n) is 8.61. The van der Waals surface area contributed by atoms with Crippen molar-refractivity contribution in [1.82, 2.24) is 15.5 Å². The van der Waals surface area contributed by atoms with Gasteiger partial charge in [0, 0.05) is 23.4 Å².